The summed E-state index contributed by atoms with van der Waals surface area (Å²) in [5, 5.41) is 3.17. The average molecular weight is 314 g/mol. The number of benzene rings is 1. The molecule has 1 aliphatic rings. The van der Waals surface area contributed by atoms with E-state index in [4.69, 9.17) is 9.47 Å². The zero-order valence-corrected chi connectivity index (χ0v) is 13.2. The molecule has 6 nitrogen and oxygen atoms in total. The summed E-state index contributed by atoms with van der Waals surface area (Å²) >= 11 is 0. The first-order valence-electron chi connectivity index (χ1n) is 6.92. The van der Waals surface area contributed by atoms with E-state index in [1.807, 2.05) is 6.92 Å². The smallest absolute Gasteiger partial charge is 0.241 e. The van der Waals surface area contributed by atoms with Crippen molar-refractivity contribution in [3.63, 3.8) is 0 Å². The van der Waals surface area contributed by atoms with Crippen LogP contribution in [0.3, 0.4) is 0 Å². The van der Waals surface area contributed by atoms with Gasteiger partial charge in [-0.1, -0.05) is 0 Å². The highest BCUT2D eigenvalue weighted by Gasteiger charge is 2.33. The number of methoxy groups -OCH3 is 1. The molecule has 21 heavy (non-hydrogen) atoms. The third-order valence-corrected chi connectivity index (χ3v) is 5.09. The monoisotopic (exact) mass is 314 g/mol. The quantitative estimate of drug-likeness (QED) is 0.726. The lowest BCUT2D eigenvalue weighted by atomic mass is 10.0. The first kappa shape index (κ1) is 16.2. The van der Waals surface area contributed by atoms with Gasteiger partial charge in [0.15, 0.2) is 0 Å². The molecule has 1 aliphatic heterocycles. The Hall–Kier alpha value is -1.15. The number of rotatable bonds is 7. The predicted octanol–water partition coefficient (Wildman–Crippen LogP) is 0.742. The van der Waals surface area contributed by atoms with Crippen molar-refractivity contribution < 1.29 is 17.9 Å². The van der Waals surface area contributed by atoms with E-state index in [1.54, 1.807) is 31.4 Å². The van der Waals surface area contributed by atoms with E-state index in [0.29, 0.717) is 25.5 Å². The van der Waals surface area contributed by atoms with Gasteiger partial charge in [-0.2, -0.15) is 0 Å². The standard InChI is InChI=1S/C14H22N2O4S/c1-14(7-8-15-11-14)16-21(17,18)13-5-3-12(4-6-13)20-10-9-19-2/h3-6,15-16H,7-11H2,1-2H3. The Morgan fingerprint density at radius 1 is 1.29 bits per heavy atom. The second-order valence-electron chi connectivity index (χ2n) is 5.41. The van der Waals surface area contributed by atoms with Gasteiger partial charge in [-0.15, -0.1) is 0 Å². The maximum absolute atomic E-state index is 12.4. The molecule has 0 aliphatic carbocycles. The van der Waals surface area contributed by atoms with Crippen molar-refractivity contribution in [2.24, 2.45) is 0 Å². The largest absolute Gasteiger partial charge is 0.491 e. The molecule has 0 bridgehead atoms. The maximum atomic E-state index is 12.4. The molecule has 0 aromatic heterocycles. The fraction of sp³-hybridized carbons (Fsp3) is 0.571. The lowest BCUT2D eigenvalue weighted by molar-refractivity contribution is 0.146. The van der Waals surface area contributed by atoms with Crippen molar-refractivity contribution in [1.82, 2.24) is 10.0 Å². The molecule has 1 atom stereocenters. The third-order valence-electron chi connectivity index (χ3n) is 3.44. The highest BCUT2D eigenvalue weighted by Crippen LogP contribution is 2.20. The number of ether oxygens (including phenoxy) is 2. The molecule has 2 rings (SSSR count). The Balaban J connectivity index is 2.03. The van der Waals surface area contributed by atoms with Gasteiger partial charge >= 0.3 is 0 Å². The van der Waals surface area contributed by atoms with Crippen molar-refractivity contribution in [3.05, 3.63) is 24.3 Å². The Morgan fingerprint density at radius 3 is 2.57 bits per heavy atom. The highest BCUT2D eigenvalue weighted by atomic mass is 32.2. The van der Waals surface area contributed by atoms with Gasteiger partial charge in [-0.05, 0) is 44.2 Å². The molecule has 1 saturated heterocycles. The summed E-state index contributed by atoms with van der Waals surface area (Å²) in [5.74, 6) is 0.625. The van der Waals surface area contributed by atoms with Gasteiger partial charge in [-0.3, -0.25) is 0 Å². The molecule has 1 aromatic rings. The van der Waals surface area contributed by atoms with Gasteiger partial charge in [0, 0.05) is 19.2 Å². The molecular weight excluding hydrogens is 292 g/mol. The van der Waals surface area contributed by atoms with Crippen LogP contribution in [0.2, 0.25) is 0 Å². The van der Waals surface area contributed by atoms with Crippen LogP contribution in [0.1, 0.15) is 13.3 Å². The number of sulfonamides is 1. The minimum atomic E-state index is -3.51. The van der Waals surface area contributed by atoms with E-state index in [9.17, 15) is 8.42 Å². The first-order chi connectivity index (χ1) is 9.95. The van der Waals surface area contributed by atoms with Gasteiger partial charge < -0.3 is 14.8 Å². The lowest BCUT2D eigenvalue weighted by Crippen LogP contribution is -2.47. The van der Waals surface area contributed by atoms with Crippen molar-refractivity contribution in [3.8, 4) is 5.75 Å². The maximum Gasteiger partial charge on any atom is 0.241 e. The third kappa shape index (κ3) is 4.41. The highest BCUT2D eigenvalue weighted by molar-refractivity contribution is 7.89. The molecule has 0 amide bonds. The summed E-state index contributed by atoms with van der Waals surface area (Å²) in [6, 6.07) is 6.41. The summed E-state index contributed by atoms with van der Waals surface area (Å²) < 4.78 is 37.8. The Kier molecular flexibility index (Phi) is 5.21. The average Bonchev–Trinajstić information content (AvgIpc) is 2.85. The molecule has 118 valence electrons. The molecule has 1 unspecified atom stereocenters. The van der Waals surface area contributed by atoms with Crippen LogP contribution >= 0.6 is 0 Å². The summed E-state index contributed by atoms with van der Waals surface area (Å²) in [6.07, 6.45) is 0.782. The van der Waals surface area contributed by atoms with Crippen molar-refractivity contribution in [2.75, 3.05) is 33.4 Å². The first-order valence-corrected chi connectivity index (χ1v) is 8.40. The molecule has 0 saturated carbocycles. The fourth-order valence-electron chi connectivity index (χ4n) is 2.25. The fourth-order valence-corrected chi connectivity index (χ4v) is 3.68. The van der Waals surface area contributed by atoms with Crippen LogP contribution < -0.4 is 14.8 Å². The van der Waals surface area contributed by atoms with E-state index in [0.717, 1.165) is 13.0 Å². The van der Waals surface area contributed by atoms with E-state index >= 15 is 0 Å². The summed E-state index contributed by atoms with van der Waals surface area (Å²) in [7, 11) is -1.91. The van der Waals surface area contributed by atoms with Crippen LogP contribution in [0.5, 0.6) is 5.75 Å². The molecular formula is C14H22N2O4S. The SMILES string of the molecule is COCCOc1ccc(S(=O)(=O)NC2(C)CCNC2)cc1. The zero-order chi connectivity index (χ0) is 15.3. The second kappa shape index (κ2) is 6.74. The number of hydrogen-bond donors (Lipinski definition) is 2. The van der Waals surface area contributed by atoms with E-state index < -0.39 is 15.6 Å². The van der Waals surface area contributed by atoms with Crippen molar-refractivity contribution >= 4 is 10.0 Å². The Bertz CT molecular complexity index is 551. The van der Waals surface area contributed by atoms with Crippen LogP contribution in [0.15, 0.2) is 29.2 Å². The molecule has 1 heterocycles. The van der Waals surface area contributed by atoms with Crippen molar-refractivity contribution in [2.45, 2.75) is 23.8 Å². The number of hydrogen-bond acceptors (Lipinski definition) is 5. The van der Waals surface area contributed by atoms with Gasteiger partial charge in [0.2, 0.25) is 10.0 Å². The topological polar surface area (TPSA) is 76.7 Å². The van der Waals surface area contributed by atoms with E-state index in [1.165, 1.54) is 0 Å². The van der Waals surface area contributed by atoms with Gasteiger partial charge in [0.05, 0.1) is 11.5 Å². The van der Waals surface area contributed by atoms with Gasteiger partial charge in [0.25, 0.3) is 0 Å². The molecule has 1 fully saturated rings. The number of nitrogens with one attached hydrogen (secondary N) is 2. The minimum Gasteiger partial charge on any atom is -0.491 e. The van der Waals surface area contributed by atoms with E-state index in [2.05, 4.69) is 10.0 Å². The van der Waals surface area contributed by atoms with Crippen LogP contribution in [-0.2, 0) is 14.8 Å². The van der Waals surface area contributed by atoms with Crippen LogP contribution in [0.4, 0.5) is 0 Å². The second-order valence-corrected chi connectivity index (χ2v) is 7.09. The molecule has 0 radical (unpaired) electrons. The predicted molar refractivity (Wildman–Crippen MR) is 80.0 cm³/mol. The van der Waals surface area contributed by atoms with Gasteiger partial charge in [-0.25, -0.2) is 13.1 Å². The van der Waals surface area contributed by atoms with E-state index in [-0.39, 0.29) is 4.90 Å². The zero-order valence-electron chi connectivity index (χ0n) is 12.4. The van der Waals surface area contributed by atoms with Crippen LogP contribution in [-0.4, -0.2) is 47.4 Å². The molecule has 7 heteroatoms. The Labute approximate surface area is 125 Å². The van der Waals surface area contributed by atoms with Crippen LogP contribution in [0.25, 0.3) is 0 Å². The van der Waals surface area contributed by atoms with Crippen molar-refractivity contribution in [1.29, 1.82) is 0 Å². The molecule has 1 aromatic carbocycles. The minimum absolute atomic E-state index is 0.245. The summed E-state index contributed by atoms with van der Waals surface area (Å²) in [5.41, 5.74) is -0.424. The van der Waals surface area contributed by atoms with Gasteiger partial charge in [0.1, 0.15) is 12.4 Å². The Morgan fingerprint density at radius 2 is 2.00 bits per heavy atom. The summed E-state index contributed by atoms with van der Waals surface area (Å²) in [4.78, 5) is 0.245. The molecule has 0 spiro atoms. The van der Waals surface area contributed by atoms with Crippen LogP contribution in [0, 0.1) is 0 Å². The molecule has 2 N–H and O–H groups in total. The lowest BCUT2D eigenvalue weighted by Gasteiger charge is -2.24. The summed E-state index contributed by atoms with van der Waals surface area (Å²) in [6.45, 7) is 4.31. The normalized spacial score (nSPS) is 22.4.